The van der Waals surface area contributed by atoms with E-state index in [9.17, 15) is 4.79 Å². The number of carbonyl (C=O) groups is 1. The Hall–Kier alpha value is -2.28. The van der Waals surface area contributed by atoms with E-state index in [1.165, 1.54) is 11.1 Å². The summed E-state index contributed by atoms with van der Waals surface area (Å²) in [7, 11) is 0. The van der Waals surface area contributed by atoms with Gasteiger partial charge in [0, 0.05) is 39.1 Å². The van der Waals surface area contributed by atoms with Crippen molar-refractivity contribution in [3.8, 4) is 0 Å². The van der Waals surface area contributed by atoms with Crippen molar-refractivity contribution in [1.82, 2.24) is 14.8 Å². The van der Waals surface area contributed by atoms with Crippen LogP contribution < -0.4 is 5.32 Å². The number of Topliss-reactive ketones (excluding diaryl/α,β-unsaturated/α-hetero) is 1. The number of benzene rings is 2. The molecule has 170 valence electrons. The number of fused-ring (bicyclic) bond motifs is 1. The zero-order chi connectivity index (χ0) is 23.3. The second-order valence-corrected chi connectivity index (χ2v) is 11.1. The highest BCUT2D eigenvalue weighted by atomic mass is 35.5. The molecule has 1 atom stereocenters. The summed E-state index contributed by atoms with van der Waals surface area (Å²) in [6.45, 7) is 6.32. The van der Waals surface area contributed by atoms with Gasteiger partial charge in [0.25, 0.3) is 0 Å². The minimum Gasteiger partial charge on any atom is -0.328 e. The third kappa shape index (κ3) is 4.20. The second-order valence-electron chi connectivity index (χ2n) is 9.37. The maximum atomic E-state index is 13.4. The first kappa shape index (κ1) is 22.5. The van der Waals surface area contributed by atoms with Crippen molar-refractivity contribution in [2.75, 3.05) is 5.32 Å². The number of allylic oxidation sites excluding steroid dienone is 2. The minimum atomic E-state index is -0.513. The molecule has 33 heavy (non-hydrogen) atoms. The Morgan fingerprint density at radius 3 is 2.58 bits per heavy atom. The molecule has 3 aromatic rings. The standard InChI is InChI=1S/C25H24Cl2N4OS/c1-14-7-4-5-8-15(14)13-33-24-29-23-28-18-11-25(2,3)12-19(32)21(18)22(31(23)30-24)20-16(26)9-6-10-17(20)27/h4-10,22H,11-13H2,1-3H3,(H,28,29,30). The van der Waals surface area contributed by atoms with Crippen molar-refractivity contribution in [2.24, 2.45) is 5.41 Å². The number of carbonyl (C=O) groups excluding carboxylic acids is 1. The summed E-state index contributed by atoms with van der Waals surface area (Å²) in [6.07, 6.45) is 1.20. The van der Waals surface area contributed by atoms with Crippen molar-refractivity contribution in [3.63, 3.8) is 0 Å². The molecule has 1 unspecified atom stereocenters. The Kier molecular flexibility index (Phi) is 5.79. The number of hydrogen-bond acceptors (Lipinski definition) is 5. The normalized spacial score (nSPS) is 19.2. The number of thioether (sulfide) groups is 1. The predicted octanol–water partition coefficient (Wildman–Crippen LogP) is 6.84. The average molecular weight is 499 g/mol. The van der Waals surface area contributed by atoms with Gasteiger partial charge in [-0.2, -0.15) is 4.98 Å². The van der Waals surface area contributed by atoms with Crippen molar-refractivity contribution < 1.29 is 4.79 Å². The van der Waals surface area contributed by atoms with E-state index in [1.807, 2.05) is 18.2 Å². The summed E-state index contributed by atoms with van der Waals surface area (Å²) >= 11 is 14.8. The van der Waals surface area contributed by atoms with Crippen molar-refractivity contribution in [3.05, 3.63) is 80.5 Å². The van der Waals surface area contributed by atoms with E-state index in [4.69, 9.17) is 33.3 Å². The number of hydrogen-bond donors (Lipinski definition) is 1. The van der Waals surface area contributed by atoms with E-state index in [2.05, 4.69) is 38.2 Å². The van der Waals surface area contributed by atoms with Crippen LogP contribution >= 0.6 is 35.0 Å². The molecule has 0 radical (unpaired) electrons. The second kappa shape index (κ2) is 8.49. The lowest BCUT2D eigenvalue weighted by molar-refractivity contribution is -0.118. The summed E-state index contributed by atoms with van der Waals surface area (Å²) in [5.74, 6) is 1.45. The average Bonchev–Trinajstić information content (AvgIpc) is 3.14. The van der Waals surface area contributed by atoms with E-state index in [0.29, 0.717) is 38.7 Å². The number of ketones is 1. The fourth-order valence-electron chi connectivity index (χ4n) is 4.60. The predicted molar refractivity (Wildman–Crippen MR) is 134 cm³/mol. The highest BCUT2D eigenvalue weighted by Gasteiger charge is 2.43. The molecule has 1 aliphatic heterocycles. The van der Waals surface area contributed by atoms with Gasteiger partial charge in [0.05, 0.1) is 0 Å². The van der Waals surface area contributed by atoms with Gasteiger partial charge in [0.15, 0.2) is 5.78 Å². The van der Waals surface area contributed by atoms with Gasteiger partial charge >= 0.3 is 0 Å². The van der Waals surface area contributed by atoms with Crippen LogP contribution in [0.2, 0.25) is 10.0 Å². The van der Waals surface area contributed by atoms with Crippen LogP contribution in [0.5, 0.6) is 0 Å². The molecule has 1 N–H and O–H groups in total. The molecule has 0 saturated carbocycles. The van der Waals surface area contributed by atoms with Gasteiger partial charge in [-0.3, -0.25) is 4.79 Å². The lowest BCUT2D eigenvalue weighted by Gasteiger charge is -2.38. The molecule has 0 bridgehead atoms. The van der Waals surface area contributed by atoms with Gasteiger partial charge in [0.1, 0.15) is 6.04 Å². The van der Waals surface area contributed by atoms with Crippen LogP contribution in [-0.2, 0) is 10.5 Å². The molecular weight excluding hydrogens is 475 g/mol. The molecule has 5 nitrogen and oxygen atoms in total. The maximum absolute atomic E-state index is 13.4. The topological polar surface area (TPSA) is 59.8 Å². The zero-order valence-corrected chi connectivity index (χ0v) is 21.0. The van der Waals surface area contributed by atoms with Gasteiger partial charge in [-0.25, -0.2) is 4.68 Å². The highest BCUT2D eigenvalue weighted by molar-refractivity contribution is 7.98. The van der Waals surface area contributed by atoms with Crippen LogP contribution in [0.4, 0.5) is 5.95 Å². The Bertz CT molecular complexity index is 1280. The molecule has 0 amide bonds. The van der Waals surface area contributed by atoms with Crippen molar-refractivity contribution in [2.45, 2.75) is 50.6 Å². The molecule has 0 fully saturated rings. The lowest BCUT2D eigenvalue weighted by atomic mass is 9.73. The van der Waals surface area contributed by atoms with Gasteiger partial charge in [-0.05, 0) is 42.0 Å². The summed E-state index contributed by atoms with van der Waals surface area (Å²) in [5.41, 5.74) is 4.58. The Morgan fingerprint density at radius 1 is 1.12 bits per heavy atom. The number of anilines is 1. The molecule has 2 aliphatic rings. The highest BCUT2D eigenvalue weighted by Crippen LogP contribution is 2.48. The maximum Gasteiger partial charge on any atom is 0.227 e. The number of halogens is 2. The quantitative estimate of drug-likeness (QED) is 0.398. The monoisotopic (exact) mass is 498 g/mol. The molecule has 8 heteroatoms. The Balaban J connectivity index is 1.58. The largest absolute Gasteiger partial charge is 0.328 e. The molecule has 5 rings (SSSR count). The summed E-state index contributed by atoms with van der Waals surface area (Å²) < 4.78 is 1.77. The first-order valence-electron chi connectivity index (χ1n) is 10.8. The number of rotatable bonds is 4. The van der Waals surface area contributed by atoms with E-state index < -0.39 is 6.04 Å². The van der Waals surface area contributed by atoms with Crippen molar-refractivity contribution >= 4 is 46.7 Å². The number of aryl methyl sites for hydroxylation is 1. The first-order chi connectivity index (χ1) is 15.7. The van der Waals surface area contributed by atoms with E-state index >= 15 is 0 Å². The third-order valence-electron chi connectivity index (χ3n) is 6.20. The van der Waals surface area contributed by atoms with Crippen LogP contribution in [-0.4, -0.2) is 20.5 Å². The minimum absolute atomic E-state index is 0.0880. The molecule has 2 aromatic carbocycles. The molecule has 1 aromatic heterocycles. The first-order valence-corrected chi connectivity index (χ1v) is 12.6. The fraction of sp³-hybridized carbons (Fsp3) is 0.320. The molecule has 1 aliphatic carbocycles. The van der Waals surface area contributed by atoms with Gasteiger partial charge in [-0.1, -0.05) is 79.1 Å². The van der Waals surface area contributed by atoms with E-state index in [0.717, 1.165) is 17.9 Å². The number of nitrogens with one attached hydrogen (secondary N) is 1. The molecule has 0 spiro atoms. The summed E-state index contributed by atoms with van der Waals surface area (Å²) in [6, 6.07) is 13.2. The summed E-state index contributed by atoms with van der Waals surface area (Å²) in [5, 5.41) is 9.86. The van der Waals surface area contributed by atoms with E-state index in [-0.39, 0.29) is 11.2 Å². The van der Waals surface area contributed by atoms with Gasteiger partial charge in [0.2, 0.25) is 11.1 Å². The zero-order valence-electron chi connectivity index (χ0n) is 18.7. The van der Waals surface area contributed by atoms with Crippen LogP contribution in [0.25, 0.3) is 0 Å². The van der Waals surface area contributed by atoms with Crippen LogP contribution in [0.3, 0.4) is 0 Å². The van der Waals surface area contributed by atoms with Gasteiger partial charge in [-0.15, -0.1) is 5.10 Å². The molecule has 0 saturated heterocycles. The van der Waals surface area contributed by atoms with E-state index in [1.54, 1.807) is 28.6 Å². The number of aromatic nitrogens is 3. The van der Waals surface area contributed by atoms with Crippen molar-refractivity contribution in [1.29, 1.82) is 0 Å². The Labute approximate surface area is 207 Å². The van der Waals surface area contributed by atoms with Crippen LogP contribution in [0.15, 0.2) is 58.9 Å². The van der Waals surface area contributed by atoms with Crippen LogP contribution in [0.1, 0.15) is 49.4 Å². The third-order valence-corrected chi connectivity index (χ3v) is 7.75. The smallest absolute Gasteiger partial charge is 0.227 e. The van der Waals surface area contributed by atoms with Gasteiger partial charge < -0.3 is 5.32 Å². The molecule has 2 heterocycles. The Morgan fingerprint density at radius 2 is 1.85 bits per heavy atom. The lowest BCUT2D eigenvalue weighted by Crippen LogP contribution is -2.36. The summed E-state index contributed by atoms with van der Waals surface area (Å²) in [4.78, 5) is 18.1. The SMILES string of the molecule is Cc1ccccc1CSc1nc2n(n1)C(c1c(Cl)cccc1Cl)C1=C(CC(C)(C)CC1=O)N2. The number of nitrogens with zero attached hydrogens (tertiary/aromatic N) is 3. The fourth-order valence-corrected chi connectivity index (χ4v) is 6.11. The molecular formula is C25H24Cl2N4OS. The van der Waals surface area contributed by atoms with Crippen LogP contribution in [0, 0.1) is 12.3 Å².